The van der Waals surface area contributed by atoms with Gasteiger partial charge in [-0.25, -0.2) is 10.1 Å². The molecule has 31 heavy (non-hydrogen) atoms. The number of methoxy groups -OCH3 is 1. The van der Waals surface area contributed by atoms with Crippen molar-refractivity contribution in [1.82, 2.24) is 15.2 Å². The van der Waals surface area contributed by atoms with Gasteiger partial charge < -0.3 is 9.47 Å². The zero-order chi connectivity index (χ0) is 22.4. The number of carbonyl (C=O) groups is 1. The van der Waals surface area contributed by atoms with Crippen molar-refractivity contribution in [3.05, 3.63) is 64.1 Å². The molecule has 0 aliphatic rings. The van der Waals surface area contributed by atoms with Gasteiger partial charge in [-0.2, -0.15) is 10.2 Å². The van der Waals surface area contributed by atoms with Gasteiger partial charge >= 0.3 is 0 Å². The topological polar surface area (TPSA) is 94.8 Å². The molecule has 0 bridgehead atoms. The Morgan fingerprint density at radius 1 is 1.19 bits per heavy atom. The van der Waals surface area contributed by atoms with Gasteiger partial charge in [-0.3, -0.25) is 9.59 Å². The van der Waals surface area contributed by atoms with E-state index in [1.165, 1.54) is 10.9 Å². The monoisotopic (exact) mass is 422 g/mol. The SMILES string of the molecule is CCCOc1ccc(/C=N\NC(=O)c2nn(C(C)C)c(=O)c3ccccc23)cc1OC. The third-order valence-corrected chi connectivity index (χ3v) is 4.56. The summed E-state index contributed by atoms with van der Waals surface area (Å²) in [6.45, 7) is 6.30. The van der Waals surface area contributed by atoms with Gasteiger partial charge in [0.1, 0.15) is 0 Å². The van der Waals surface area contributed by atoms with E-state index in [0.717, 1.165) is 12.0 Å². The lowest BCUT2D eigenvalue weighted by molar-refractivity contribution is 0.0949. The molecule has 1 amide bonds. The maximum Gasteiger partial charge on any atom is 0.292 e. The van der Waals surface area contributed by atoms with Crippen LogP contribution in [0.5, 0.6) is 11.5 Å². The molecule has 8 nitrogen and oxygen atoms in total. The average molecular weight is 422 g/mol. The largest absolute Gasteiger partial charge is 0.493 e. The third-order valence-electron chi connectivity index (χ3n) is 4.56. The number of ether oxygens (including phenoxy) is 2. The highest BCUT2D eigenvalue weighted by Gasteiger charge is 2.17. The number of fused-ring (bicyclic) bond motifs is 1. The van der Waals surface area contributed by atoms with Gasteiger partial charge in [0, 0.05) is 5.39 Å². The molecule has 1 heterocycles. The van der Waals surface area contributed by atoms with Crippen LogP contribution < -0.4 is 20.5 Å². The fourth-order valence-corrected chi connectivity index (χ4v) is 3.04. The number of nitrogens with zero attached hydrogens (tertiary/aromatic N) is 3. The van der Waals surface area contributed by atoms with E-state index in [2.05, 4.69) is 15.6 Å². The van der Waals surface area contributed by atoms with Crippen LogP contribution in [0.1, 0.15) is 49.3 Å². The van der Waals surface area contributed by atoms with Crippen molar-refractivity contribution >= 4 is 22.9 Å². The predicted octanol–water partition coefficient (Wildman–Crippen LogP) is 3.54. The molecule has 3 aromatic rings. The van der Waals surface area contributed by atoms with Crippen LogP contribution in [0.25, 0.3) is 10.8 Å². The van der Waals surface area contributed by atoms with Crippen LogP contribution in [0.15, 0.2) is 52.4 Å². The second-order valence-corrected chi connectivity index (χ2v) is 7.20. The summed E-state index contributed by atoms with van der Waals surface area (Å²) in [6.07, 6.45) is 2.40. The Balaban J connectivity index is 1.84. The molecule has 1 N–H and O–H groups in total. The first-order valence-corrected chi connectivity index (χ1v) is 10.1. The minimum Gasteiger partial charge on any atom is -0.493 e. The summed E-state index contributed by atoms with van der Waals surface area (Å²) in [5, 5.41) is 9.24. The first-order chi connectivity index (χ1) is 15.0. The van der Waals surface area contributed by atoms with Crippen LogP contribution in [0.4, 0.5) is 0 Å². The number of amides is 1. The van der Waals surface area contributed by atoms with Crippen molar-refractivity contribution in [3.8, 4) is 11.5 Å². The molecule has 3 rings (SSSR count). The van der Waals surface area contributed by atoms with Gasteiger partial charge in [-0.05, 0) is 50.1 Å². The Labute approximate surface area is 180 Å². The lowest BCUT2D eigenvalue weighted by Gasteiger charge is -2.12. The zero-order valence-electron chi connectivity index (χ0n) is 18.1. The summed E-state index contributed by atoms with van der Waals surface area (Å²) in [5.41, 5.74) is 3.13. The van der Waals surface area contributed by atoms with Crippen molar-refractivity contribution < 1.29 is 14.3 Å². The first kappa shape index (κ1) is 22.0. The van der Waals surface area contributed by atoms with E-state index < -0.39 is 5.91 Å². The van der Waals surface area contributed by atoms with Crippen molar-refractivity contribution in [1.29, 1.82) is 0 Å². The minimum absolute atomic E-state index is 0.141. The van der Waals surface area contributed by atoms with Crippen LogP contribution in [0, 0.1) is 0 Å². The number of rotatable bonds is 8. The molecule has 0 spiro atoms. The van der Waals surface area contributed by atoms with E-state index in [-0.39, 0.29) is 17.3 Å². The second kappa shape index (κ2) is 9.88. The Morgan fingerprint density at radius 3 is 2.61 bits per heavy atom. The number of carbonyl (C=O) groups excluding carboxylic acids is 1. The van der Waals surface area contributed by atoms with Gasteiger partial charge in [0.05, 0.1) is 31.4 Å². The molecule has 2 aromatic carbocycles. The Morgan fingerprint density at radius 2 is 1.94 bits per heavy atom. The Bertz CT molecular complexity index is 1170. The average Bonchev–Trinajstić information content (AvgIpc) is 2.78. The standard InChI is InChI=1S/C23H26N4O4/c1-5-12-31-19-11-10-16(13-20(19)30-4)14-24-25-22(28)21-17-8-6-7-9-18(17)23(29)27(26-21)15(2)3/h6-11,13-15H,5,12H2,1-4H3,(H,25,28)/b24-14-. The summed E-state index contributed by atoms with van der Waals surface area (Å²) in [4.78, 5) is 25.4. The lowest BCUT2D eigenvalue weighted by Crippen LogP contribution is -2.30. The molecule has 0 saturated carbocycles. The summed E-state index contributed by atoms with van der Waals surface area (Å²) in [6, 6.07) is 12.1. The van der Waals surface area contributed by atoms with Crippen molar-refractivity contribution in [3.63, 3.8) is 0 Å². The number of benzene rings is 2. The maximum absolute atomic E-state index is 12.8. The van der Waals surface area contributed by atoms with Gasteiger partial charge in [0.15, 0.2) is 17.2 Å². The summed E-state index contributed by atoms with van der Waals surface area (Å²) < 4.78 is 12.3. The summed E-state index contributed by atoms with van der Waals surface area (Å²) >= 11 is 0. The lowest BCUT2D eigenvalue weighted by atomic mass is 10.1. The molecule has 0 radical (unpaired) electrons. The molecule has 1 aromatic heterocycles. The van der Waals surface area contributed by atoms with Crippen LogP contribution in [-0.2, 0) is 0 Å². The van der Waals surface area contributed by atoms with Crippen molar-refractivity contribution in [2.45, 2.75) is 33.2 Å². The second-order valence-electron chi connectivity index (χ2n) is 7.20. The zero-order valence-corrected chi connectivity index (χ0v) is 18.1. The highest BCUT2D eigenvalue weighted by molar-refractivity contribution is 6.05. The van der Waals surface area contributed by atoms with Gasteiger partial charge in [0.25, 0.3) is 11.5 Å². The Hall–Kier alpha value is -3.68. The minimum atomic E-state index is -0.503. The summed E-state index contributed by atoms with van der Waals surface area (Å²) in [5.74, 6) is 0.731. The molecule has 8 heteroatoms. The molecule has 0 unspecified atom stereocenters. The van der Waals surface area contributed by atoms with Gasteiger partial charge in [-0.1, -0.05) is 25.1 Å². The van der Waals surface area contributed by atoms with Crippen LogP contribution in [0.3, 0.4) is 0 Å². The summed E-state index contributed by atoms with van der Waals surface area (Å²) in [7, 11) is 1.57. The van der Waals surface area contributed by atoms with E-state index >= 15 is 0 Å². The highest BCUT2D eigenvalue weighted by atomic mass is 16.5. The van der Waals surface area contributed by atoms with Crippen LogP contribution in [-0.4, -0.2) is 35.6 Å². The fourth-order valence-electron chi connectivity index (χ4n) is 3.04. The molecule has 0 saturated heterocycles. The number of aromatic nitrogens is 2. The molecule has 0 aliphatic carbocycles. The number of nitrogens with one attached hydrogen (secondary N) is 1. The van der Waals surface area contributed by atoms with Gasteiger partial charge in [0.2, 0.25) is 0 Å². The van der Waals surface area contributed by atoms with Crippen LogP contribution in [0.2, 0.25) is 0 Å². The normalized spacial score (nSPS) is 11.3. The maximum atomic E-state index is 12.8. The van der Waals surface area contributed by atoms with E-state index in [9.17, 15) is 9.59 Å². The smallest absolute Gasteiger partial charge is 0.292 e. The van der Waals surface area contributed by atoms with Crippen LogP contribution >= 0.6 is 0 Å². The highest BCUT2D eigenvalue weighted by Crippen LogP contribution is 2.27. The van der Waals surface area contributed by atoms with E-state index in [4.69, 9.17) is 9.47 Å². The fraction of sp³-hybridized carbons (Fsp3) is 0.304. The van der Waals surface area contributed by atoms with Crippen molar-refractivity contribution in [2.24, 2.45) is 5.10 Å². The quantitative estimate of drug-likeness (QED) is 0.443. The van der Waals surface area contributed by atoms with Crippen molar-refractivity contribution in [2.75, 3.05) is 13.7 Å². The molecular weight excluding hydrogens is 396 g/mol. The predicted molar refractivity (Wildman–Crippen MR) is 120 cm³/mol. The molecule has 0 fully saturated rings. The third kappa shape index (κ3) is 4.91. The molecule has 0 aliphatic heterocycles. The van der Waals surface area contributed by atoms with E-state index in [0.29, 0.717) is 28.9 Å². The van der Waals surface area contributed by atoms with E-state index in [1.54, 1.807) is 43.5 Å². The molecule has 0 atom stereocenters. The van der Waals surface area contributed by atoms with Gasteiger partial charge in [-0.15, -0.1) is 0 Å². The Kier molecular flexibility index (Phi) is 7.02. The molecule has 162 valence electrons. The first-order valence-electron chi connectivity index (χ1n) is 10.1. The van der Waals surface area contributed by atoms with E-state index in [1.807, 2.05) is 26.8 Å². The molecular formula is C23H26N4O4. The number of hydrogen-bond acceptors (Lipinski definition) is 6. The number of hydrazone groups is 1. The number of hydrogen-bond donors (Lipinski definition) is 1.